The molecule has 2 heterocycles. The number of benzene rings is 1. The van der Waals surface area contributed by atoms with Gasteiger partial charge >= 0.3 is 5.97 Å². The molecule has 0 saturated carbocycles. The molecule has 78 valence electrons. The summed E-state index contributed by atoms with van der Waals surface area (Å²) in [5.41, 5.74) is 0.0231. The molecule has 2 aromatic heterocycles. The highest BCUT2D eigenvalue weighted by atomic mass is 32.1. The van der Waals surface area contributed by atoms with E-state index in [2.05, 4.69) is 10.2 Å². The van der Waals surface area contributed by atoms with Crippen molar-refractivity contribution in [3.63, 3.8) is 0 Å². The van der Waals surface area contributed by atoms with Crippen LogP contribution in [0.3, 0.4) is 0 Å². The predicted molar refractivity (Wildman–Crippen MR) is 61.9 cm³/mol. The van der Waals surface area contributed by atoms with Crippen molar-refractivity contribution in [3.05, 3.63) is 36.2 Å². The maximum atomic E-state index is 11.1. The molecule has 0 unspecified atom stereocenters. The first kappa shape index (κ1) is 9.23. The minimum absolute atomic E-state index is 0.0231. The van der Waals surface area contributed by atoms with E-state index < -0.39 is 5.97 Å². The molecule has 0 radical (unpaired) electrons. The summed E-state index contributed by atoms with van der Waals surface area (Å²) in [6.07, 6.45) is 1.60. The van der Waals surface area contributed by atoms with Crippen molar-refractivity contribution in [2.75, 3.05) is 0 Å². The molecule has 4 nitrogen and oxygen atoms in total. The normalized spacial score (nSPS) is 11.0. The molecule has 1 aromatic carbocycles. The number of carboxylic acids is 1. The number of thiophene rings is 1. The van der Waals surface area contributed by atoms with Gasteiger partial charge < -0.3 is 5.11 Å². The molecule has 0 aliphatic rings. The number of hydrogen-bond acceptors (Lipinski definition) is 4. The lowest BCUT2D eigenvalue weighted by Crippen LogP contribution is -2.01. The summed E-state index contributed by atoms with van der Waals surface area (Å²) < 4.78 is 1.91. The van der Waals surface area contributed by atoms with E-state index in [-0.39, 0.29) is 5.69 Å². The Balaban J connectivity index is 2.57. The summed E-state index contributed by atoms with van der Waals surface area (Å²) in [4.78, 5) is 11.1. The second-order valence-electron chi connectivity index (χ2n) is 3.34. The molecule has 0 saturated heterocycles. The molecular formula is C11H6N2O2S. The van der Waals surface area contributed by atoms with Crippen LogP contribution in [0.25, 0.3) is 20.2 Å². The predicted octanol–water partition coefficient (Wildman–Crippen LogP) is 2.54. The van der Waals surface area contributed by atoms with Crippen molar-refractivity contribution in [1.29, 1.82) is 0 Å². The van der Waals surface area contributed by atoms with Crippen molar-refractivity contribution >= 4 is 37.5 Å². The Hall–Kier alpha value is -2.01. The van der Waals surface area contributed by atoms with Crippen LogP contribution in [-0.2, 0) is 0 Å². The molecular weight excluding hydrogens is 224 g/mol. The molecule has 3 aromatic rings. The van der Waals surface area contributed by atoms with Gasteiger partial charge in [-0.05, 0) is 6.07 Å². The van der Waals surface area contributed by atoms with E-state index in [0.717, 1.165) is 14.8 Å². The first-order chi connectivity index (χ1) is 7.77. The molecule has 1 N–H and O–H groups in total. The van der Waals surface area contributed by atoms with E-state index in [1.807, 2.05) is 24.3 Å². The van der Waals surface area contributed by atoms with Crippen molar-refractivity contribution in [2.24, 2.45) is 0 Å². The molecule has 0 aliphatic carbocycles. The van der Waals surface area contributed by atoms with Gasteiger partial charge in [-0.3, -0.25) is 0 Å². The van der Waals surface area contributed by atoms with E-state index in [9.17, 15) is 4.79 Å². The van der Waals surface area contributed by atoms with E-state index >= 15 is 0 Å². The third-order valence-corrected chi connectivity index (χ3v) is 3.50. The van der Waals surface area contributed by atoms with Gasteiger partial charge in [-0.15, -0.1) is 16.4 Å². The molecule has 5 heteroatoms. The van der Waals surface area contributed by atoms with E-state index in [1.165, 1.54) is 11.3 Å². The summed E-state index contributed by atoms with van der Waals surface area (Å²) in [5.74, 6) is -1.04. The lowest BCUT2D eigenvalue weighted by atomic mass is 10.1. The maximum Gasteiger partial charge on any atom is 0.357 e. The SMILES string of the molecule is O=C(O)c1nncc2sc3ccccc3c12. The minimum atomic E-state index is -1.04. The Kier molecular flexibility index (Phi) is 1.87. The second kappa shape index (κ2) is 3.24. The number of aromatic carboxylic acids is 1. The fourth-order valence-electron chi connectivity index (χ4n) is 1.74. The highest BCUT2D eigenvalue weighted by Crippen LogP contribution is 2.34. The average molecular weight is 230 g/mol. The van der Waals surface area contributed by atoms with Gasteiger partial charge in [0.25, 0.3) is 0 Å². The summed E-state index contributed by atoms with van der Waals surface area (Å²) in [6, 6.07) is 7.69. The topological polar surface area (TPSA) is 63.1 Å². The monoisotopic (exact) mass is 230 g/mol. The summed E-state index contributed by atoms with van der Waals surface area (Å²) >= 11 is 1.53. The Labute approximate surface area is 94.2 Å². The van der Waals surface area contributed by atoms with Crippen LogP contribution >= 0.6 is 11.3 Å². The summed E-state index contributed by atoms with van der Waals surface area (Å²) in [7, 11) is 0. The van der Waals surface area contributed by atoms with Crippen molar-refractivity contribution in [2.45, 2.75) is 0 Å². The van der Waals surface area contributed by atoms with E-state index in [0.29, 0.717) is 5.39 Å². The van der Waals surface area contributed by atoms with Crippen LogP contribution < -0.4 is 0 Å². The van der Waals surface area contributed by atoms with Crippen molar-refractivity contribution in [1.82, 2.24) is 10.2 Å². The van der Waals surface area contributed by atoms with Crippen molar-refractivity contribution < 1.29 is 9.90 Å². The van der Waals surface area contributed by atoms with Gasteiger partial charge in [-0.2, -0.15) is 5.10 Å². The molecule has 0 spiro atoms. The van der Waals surface area contributed by atoms with Gasteiger partial charge in [0.15, 0.2) is 5.69 Å². The van der Waals surface area contributed by atoms with Crippen molar-refractivity contribution in [3.8, 4) is 0 Å². The summed E-state index contributed by atoms with van der Waals surface area (Å²) in [5, 5.41) is 18.1. The Morgan fingerprint density at radius 3 is 2.88 bits per heavy atom. The van der Waals surface area contributed by atoms with Gasteiger partial charge in [0.2, 0.25) is 0 Å². The smallest absolute Gasteiger partial charge is 0.357 e. The van der Waals surface area contributed by atoms with E-state index in [1.54, 1.807) is 6.20 Å². The van der Waals surface area contributed by atoms with Crippen LogP contribution in [-0.4, -0.2) is 21.3 Å². The highest BCUT2D eigenvalue weighted by Gasteiger charge is 2.15. The van der Waals surface area contributed by atoms with Crippen LogP contribution in [0.15, 0.2) is 30.5 Å². The van der Waals surface area contributed by atoms with E-state index in [4.69, 9.17) is 5.11 Å². The lowest BCUT2D eigenvalue weighted by Gasteiger charge is -1.95. The number of aromatic nitrogens is 2. The fraction of sp³-hybridized carbons (Fsp3) is 0. The first-order valence-electron chi connectivity index (χ1n) is 4.63. The quantitative estimate of drug-likeness (QED) is 0.697. The zero-order valence-corrected chi connectivity index (χ0v) is 8.86. The molecule has 0 fully saturated rings. The number of hydrogen-bond donors (Lipinski definition) is 1. The molecule has 0 atom stereocenters. The van der Waals surface area contributed by atoms with Gasteiger partial charge in [-0.1, -0.05) is 18.2 Å². The largest absolute Gasteiger partial charge is 0.476 e. The van der Waals surface area contributed by atoms with Gasteiger partial charge in [0, 0.05) is 15.5 Å². The minimum Gasteiger partial charge on any atom is -0.476 e. The highest BCUT2D eigenvalue weighted by molar-refractivity contribution is 7.25. The Bertz CT molecular complexity index is 705. The Morgan fingerprint density at radius 2 is 2.06 bits per heavy atom. The fourth-order valence-corrected chi connectivity index (χ4v) is 2.81. The Morgan fingerprint density at radius 1 is 1.25 bits per heavy atom. The van der Waals surface area contributed by atoms with Crippen LogP contribution in [0.5, 0.6) is 0 Å². The average Bonchev–Trinajstić information content (AvgIpc) is 2.66. The number of rotatable bonds is 1. The number of nitrogens with zero attached hydrogens (tertiary/aromatic N) is 2. The second-order valence-corrected chi connectivity index (χ2v) is 4.42. The van der Waals surface area contributed by atoms with Crippen LogP contribution in [0.1, 0.15) is 10.5 Å². The maximum absolute atomic E-state index is 11.1. The van der Waals surface area contributed by atoms with Gasteiger partial charge in [0.1, 0.15) is 0 Å². The van der Waals surface area contributed by atoms with Crippen LogP contribution in [0.2, 0.25) is 0 Å². The van der Waals surface area contributed by atoms with Gasteiger partial charge in [0.05, 0.1) is 10.9 Å². The third kappa shape index (κ3) is 1.18. The van der Waals surface area contributed by atoms with Gasteiger partial charge in [-0.25, -0.2) is 4.79 Å². The van der Waals surface area contributed by atoms with Crippen LogP contribution in [0, 0.1) is 0 Å². The molecule has 3 rings (SSSR count). The lowest BCUT2D eigenvalue weighted by molar-refractivity contribution is 0.0692. The van der Waals surface area contributed by atoms with Crippen LogP contribution in [0.4, 0.5) is 0 Å². The molecule has 0 amide bonds. The zero-order valence-electron chi connectivity index (χ0n) is 8.04. The first-order valence-corrected chi connectivity index (χ1v) is 5.45. The number of carbonyl (C=O) groups is 1. The zero-order chi connectivity index (χ0) is 11.1. The molecule has 0 bridgehead atoms. The summed E-state index contributed by atoms with van der Waals surface area (Å²) in [6.45, 7) is 0. The third-order valence-electron chi connectivity index (χ3n) is 2.39. The molecule has 0 aliphatic heterocycles. The number of carboxylic acid groups (broad SMARTS) is 1. The standard InChI is InChI=1S/C11H6N2O2S/c14-11(15)10-9-6-3-1-2-4-7(6)16-8(9)5-12-13-10/h1-5H,(H,14,15). The number of fused-ring (bicyclic) bond motifs is 3. The molecule has 16 heavy (non-hydrogen) atoms.